The third-order valence-electron chi connectivity index (χ3n) is 6.59. The molecule has 24 heavy (non-hydrogen) atoms. The predicted octanol–water partition coefficient (Wildman–Crippen LogP) is 2.16. The molecule has 5 unspecified atom stereocenters. The molecule has 1 N–H and O–H groups in total. The van der Waals surface area contributed by atoms with Crippen molar-refractivity contribution in [3.63, 3.8) is 0 Å². The predicted molar refractivity (Wildman–Crippen MR) is 108 cm³/mol. The summed E-state index contributed by atoms with van der Waals surface area (Å²) in [6, 6.07) is 0.742. The Balaban J connectivity index is 0.00000169. The monoisotopic (exact) mass is 448 g/mol. The molecule has 0 aromatic rings. The van der Waals surface area contributed by atoms with Crippen molar-refractivity contribution < 1.29 is 4.74 Å². The molecule has 6 heteroatoms. The maximum absolute atomic E-state index is 6.08. The summed E-state index contributed by atoms with van der Waals surface area (Å²) in [4.78, 5) is 9.64. The molecule has 0 radical (unpaired) electrons. The highest BCUT2D eigenvalue weighted by atomic mass is 127. The van der Waals surface area contributed by atoms with Crippen molar-refractivity contribution in [2.45, 2.75) is 57.3 Å². The van der Waals surface area contributed by atoms with E-state index >= 15 is 0 Å². The first-order valence-corrected chi connectivity index (χ1v) is 9.61. The molecule has 4 aliphatic heterocycles. The van der Waals surface area contributed by atoms with Crippen LogP contribution in [0.1, 0.15) is 39.0 Å². The average molecular weight is 448 g/mol. The molecule has 4 saturated heterocycles. The summed E-state index contributed by atoms with van der Waals surface area (Å²) in [5.41, 5.74) is 0. The summed E-state index contributed by atoms with van der Waals surface area (Å²) in [5, 5.41) is 3.61. The lowest BCUT2D eigenvalue weighted by Crippen LogP contribution is -2.46. The van der Waals surface area contributed by atoms with Gasteiger partial charge in [-0.3, -0.25) is 9.89 Å². The van der Waals surface area contributed by atoms with Gasteiger partial charge in [-0.2, -0.15) is 0 Å². The van der Waals surface area contributed by atoms with Crippen LogP contribution in [0.2, 0.25) is 0 Å². The fraction of sp³-hybridized carbons (Fsp3) is 0.944. The molecular weight excluding hydrogens is 415 g/mol. The first-order valence-electron chi connectivity index (χ1n) is 9.61. The van der Waals surface area contributed by atoms with E-state index in [2.05, 4.69) is 27.0 Å². The Morgan fingerprint density at radius 1 is 1.12 bits per heavy atom. The lowest BCUT2D eigenvalue weighted by Gasteiger charge is -2.33. The molecule has 0 aromatic heterocycles. The molecule has 0 aliphatic carbocycles. The molecule has 5 atom stereocenters. The lowest BCUT2D eigenvalue weighted by atomic mass is 9.82. The molecule has 0 amide bonds. The van der Waals surface area contributed by atoms with Crippen molar-refractivity contribution in [1.82, 2.24) is 15.1 Å². The van der Waals surface area contributed by atoms with Gasteiger partial charge in [-0.25, -0.2) is 0 Å². The summed E-state index contributed by atoms with van der Waals surface area (Å²) >= 11 is 0. The Morgan fingerprint density at radius 3 is 2.46 bits per heavy atom. The first kappa shape index (κ1) is 18.7. The van der Waals surface area contributed by atoms with E-state index in [1.54, 1.807) is 0 Å². The zero-order valence-corrected chi connectivity index (χ0v) is 17.4. The van der Waals surface area contributed by atoms with Gasteiger partial charge in [0.25, 0.3) is 0 Å². The van der Waals surface area contributed by atoms with E-state index in [0.29, 0.717) is 12.2 Å². The minimum absolute atomic E-state index is 0. The summed E-state index contributed by atoms with van der Waals surface area (Å²) in [6.07, 6.45) is 7.72. The smallest absolute Gasteiger partial charge is 0.193 e. The van der Waals surface area contributed by atoms with Crippen molar-refractivity contribution in [2.24, 2.45) is 16.8 Å². The molecule has 4 rings (SSSR count). The Bertz CT molecular complexity index is 442. The highest BCUT2D eigenvalue weighted by molar-refractivity contribution is 14.0. The Hall–Kier alpha value is -0.0800. The number of nitrogens with one attached hydrogen (secondary N) is 1. The number of likely N-dealkylation sites (tertiary alicyclic amines) is 2. The van der Waals surface area contributed by atoms with Crippen LogP contribution in [0.5, 0.6) is 0 Å². The van der Waals surface area contributed by atoms with Crippen LogP contribution >= 0.6 is 24.0 Å². The Kier molecular flexibility index (Phi) is 6.30. The van der Waals surface area contributed by atoms with Crippen LogP contribution in [0.4, 0.5) is 0 Å². The molecule has 0 spiro atoms. The standard InChI is InChI=1S/C18H32N4O.HI/c1-13-5-3-4-9-21(13)10-8-20-18(19-2)22-11-14-15(12-22)17-7-6-16(14)23-17;/h13-17H,3-12H2,1-2H3,(H,19,20);1H. The quantitative estimate of drug-likeness (QED) is 0.408. The van der Waals surface area contributed by atoms with Gasteiger partial charge in [0.15, 0.2) is 5.96 Å². The van der Waals surface area contributed by atoms with Gasteiger partial charge in [0, 0.05) is 51.1 Å². The van der Waals surface area contributed by atoms with E-state index < -0.39 is 0 Å². The van der Waals surface area contributed by atoms with Crippen LogP contribution in [-0.4, -0.2) is 73.8 Å². The van der Waals surface area contributed by atoms with Crippen LogP contribution in [0.3, 0.4) is 0 Å². The molecule has 4 aliphatic rings. The third-order valence-corrected chi connectivity index (χ3v) is 6.59. The number of piperidine rings is 1. The summed E-state index contributed by atoms with van der Waals surface area (Å²) in [5.74, 6) is 2.59. The van der Waals surface area contributed by atoms with Gasteiger partial charge in [0.1, 0.15) is 0 Å². The Labute approximate surface area is 163 Å². The second-order valence-electron chi connectivity index (χ2n) is 7.88. The third kappa shape index (κ3) is 3.56. The first-order chi connectivity index (χ1) is 11.3. The van der Waals surface area contributed by atoms with Gasteiger partial charge in [-0.1, -0.05) is 6.42 Å². The van der Waals surface area contributed by atoms with Gasteiger partial charge in [-0.15, -0.1) is 24.0 Å². The van der Waals surface area contributed by atoms with Crippen LogP contribution in [0.15, 0.2) is 4.99 Å². The second kappa shape index (κ2) is 8.08. The largest absolute Gasteiger partial charge is 0.374 e. The highest BCUT2D eigenvalue weighted by Gasteiger charge is 2.53. The maximum atomic E-state index is 6.08. The highest BCUT2D eigenvalue weighted by Crippen LogP contribution is 2.47. The molecule has 2 bridgehead atoms. The van der Waals surface area contributed by atoms with Gasteiger partial charge in [-0.05, 0) is 39.2 Å². The molecule has 0 aromatic carbocycles. The van der Waals surface area contributed by atoms with E-state index in [4.69, 9.17) is 4.74 Å². The topological polar surface area (TPSA) is 40.1 Å². The van der Waals surface area contributed by atoms with Crippen LogP contribution in [0.25, 0.3) is 0 Å². The summed E-state index contributed by atoms with van der Waals surface area (Å²) in [7, 11) is 1.92. The number of fused-ring (bicyclic) bond motifs is 5. The number of guanidine groups is 1. The average Bonchev–Trinajstić information content (AvgIpc) is 3.25. The number of hydrogen-bond acceptors (Lipinski definition) is 3. The normalized spacial score (nSPS) is 39.0. The fourth-order valence-corrected chi connectivity index (χ4v) is 5.27. The summed E-state index contributed by atoms with van der Waals surface area (Å²) in [6.45, 7) is 8.03. The summed E-state index contributed by atoms with van der Waals surface area (Å²) < 4.78 is 6.08. The van der Waals surface area contributed by atoms with Gasteiger partial charge in [0.05, 0.1) is 12.2 Å². The molecule has 4 fully saturated rings. The van der Waals surface area contributed by atoms with E-state index in [0.717, 1.165) is 50.0 Å². The zero-order valence-electron chi connectivity index (χ0n) is 15.1. The van der Waals surface area contributed by atoms with Crippen molar-refractivity contribution in [3.05, 3.63) is 0 Å². The number of nitrogens with zero attached hydrogens (tertiary/aromatic N) is 3. The van der Waals surface area contributed by atoms with E-state index in [1.807, 2.05) is 7.05 Å². The Morgan fingerprint density at radius 2 is 1.83 bits per heavy atom. The minimum Gasteiger partial charge on any atom is -0.374 e. The zero-order chi connectivity index (χ0) is 15.8. The molecule has 4 heterocycles. The molecule has 5 nitrogen and oxygen atoms in total. The van der Waals surface area contributed by atoms with Crippen molar-refractivity contribution >= 4 is 29.9 Å². The van der Waals surface area contributed by atoms with E-state index in [-0.39, 0.29) is 24.0 Å². The van der Waals surface area contributed by atoms with E-state index in [9.17, 15) is 0 Å². The van der Waals surface area contributed by atoms with Crippen LogP contribution in [-0.2, 0) is 4.74 Å². The van der Waals surface area contributed by atoms with Gasteiger partial charge < -0.3 is 15.0 Å². The fourth-order valence-electron chi connectivity index (χ4n) is 5.27. The van der Waals surface area contributed by atoms with Crippen molar-refractivity contribution in [1.29, 1.82) is 0 Å². The maximum Gasteiger partial charge on any atom is 0.193 e. The number of rotatable bonds is 3. The van der Waals surface area contributed by atoms with Gasteiger partial charge in [0.2, 0.25) is 0 Å². The van der Waals surface area contributed by atoms with E-state index in [1.165, 1.54) is 38.6 Å². The number of halogens is 1. The lowest BCUT2D eigenvalue weighted by molar-refractivity contribution is 0.0766. The van der Waals surface area contributed by atoms with Crippen molar-refractivity contribution in [2.75, 3.05) is 39.8 Å². The van der Waals surface area contributed by atoms with Crippen LogP contribution < -0.4 is 5.32 Å². The number of ether oxygens (including phenoxy) is 1. The van der Waals surface area contributed by atoms with Gasteiger partial charge >= 0.3 is 0 Å². The molecular formula is C18H33IN4O. The minimum atomic E-state index is 0. The van der Waals surface area contributed by atoms with Crippen LogP contribution in [0, 0.1) is 11.8 Å². The molecule has 138 valence electrons. The number of aliphatic imine (C=N–C) groups is 1. The number of hydrogen-bond donors (Lipinski definition) is 1. The SMILES string of the molecule is CN=C(NCCN1CCCCC1C)N1CC2C3CCC(O3)C2C1.I. The van der Waals surface area contributed by atoms with Crippen molar-refractivity contribution in [3.8, 4) is 0 Å². The molecule has 0 saturated carbocycles. The second-order valence-corrected chi connectivity index (χ2v) is 7.88.